The number of halogens is 1. The van der Waals surface area contributed by atoms with Gasteiger partial charge in [0.2, 0.25) is 11.7 Å². The van der Waals surface area contributed by atoms with Crippen LogP contribution in [0.25, 0.3) is 11.4 Å². The van der Waals surface area contributed by atoms with Crippen molar-refractivity contribution in [1.82, 2.24) is 25.1 Å². The molecule has 0 aliphatic carbocycles. The number of amides is 1. The fourth-order valence-electron chi connectivity index (χ4n) is 2.90. The summed E-state index contributed by atoms with van der Waals surface area (Å²) in [6.07, 6.45) is 1.57. The summed E-state index contributed by atoms with van der Waals surface area (Å²) in [5, 5.41) is 12.1. The Hall–Kier alpha value is -3.81. The van der Waals surface area contributed by atoms with Crippen LogP contribution in [-0.2, 0) is 24.4 Å². The van der Waals surface area contributed by atoms with Gasteiger partial charge in [-0.1, -0.05) is 42.5 Å². The number of furan rings is 1. The summed E-state index contributed by atoms with van der Waals surface area (Å²) in [7, 11) is 0. The molecular weight excluding hydrogens is 373 g/mol. The Kier molecular flexibility index (Phi) is 5.42. The lowest BCUT2D eigenvalue weighted by Gasteiger charge is -2.21. The SMILES string of the molecule is O=C(Cn1nnc(-c2cccc(F)c2)n1)N(Cc1ccccc1)Cc1ccco1. The molecular formula is C21H18FN5O2. The van der Waals surface area contributed by atoms with Crippen LogP contribution in [0.5, 0.6) is 0 Å². The van der Waals surface area contributed by atoms with E-state index in [9.17, 15) is 9.18 Å². The zero-order valence-electron chi connectivity index (χ0n) is 15.5. The molecule has 0 saturated heterocycles. The van der Waals surface area contributed by atoms with E-state index in [1.807, 2.05) is 36.4 Å². The van der Waals surface area contributed by atoms with Gasteiger partial charge in [-0.3, -0.25) is 4.79 Å². The van der Waals surface area contributed by atoms with E-state index in [2.05, 4.69) is 15.4 Å². The van der Waals surface area contributed by atoms with Crippen molar-refractivity contribution in [2.45, 2.75) is 19.6 Å². The van der Waals surface area contributed by atoms with Gasteiger partial charge in [-0.25, -0.2) is 4.39 Å². The maximum atomic E-state index is 13.4. The summed E-state index contributed by atoms with van der Waals surface area (Å²) in [6, 6.07) is 19.2. The second-order valence-corrected chi connectivity index (χ2v) is 6.47. The second kappa shape index (κ2) is 8.47. The van der Waals surface area contributed by atoms with Crippen molar-refractivity contribution in [2.24, 2.45) is 0 Å². The summed E-state index contributed by atoms with van der Waals surface area (Å²) in [4.78, 5) is 15.8. The number of hydrogen-bond donors (Lipinski definition) is 0. The number of carbonyl (C=O) groups is 1. The molecule has 0 spiro atoms. The number of hydrogen-bond acceptors (Lipinski definition) is 5. The maximum Gasteiger partial charge on any atom is 0.246 e. The van der Waals surface area contributed by atoms with Gasteiger partial charge >= 0.3 is 0 Å². The average Bonchev–Trinajstić information content (AvgIpc) is 3.40. The zero-order valence-corrected chi connectivity index (χ0v) is 15.5. The highest BCUT2D eigenvalue weighted by atomic mass is 19.1. The number of aromatic nitrogens is 4. The highest BCUT2D eigenvalue weighted by Crippen LogP contribution is 2.15. The van der Waals surface area contributed by atoms with E-state index in [-0.39, 0.29) is 24.1 Å². The molecule has 0 saturated carbocycles. The Bertz CT molecular complexity index is 1080. The summed E-state index contributed by atoms with van der Waals surface area (Å²) in [5.41, 5.74) is 1.50. The minimum Gasteiger partial charge on any atom is -0.467 e. The van der Waals surface area contributed by atoms with Crippen molar-refractivity contribution >= 4 is 5.91 Å². The number of benzene rings is 2. The van der Waals surface area contributed by atoms with Crippen molar-refractivity contribution in [3.63, 3.8) is 0 Å². The standard InChI is InChI=1S/C21H18FN5O2/c22-18-9-4-8-17(12-18)21-23-25-27(24-21)15-20(28)26(14-19-10-5-11-29-19)13-16-6-2-1-3-7-16/h1-12H,13-15H2. The van der Waals surface area contributed by atoms with Crippen LogP contribution < -0.4 is 0 Å². The zero-order chi connectivity index (χ0) is 20.1. The lowest BCUT2D eigenvalue weighted by molar-refractivity contribution is -0.133. The molecule has 0 radical (unpaired) electrons. The number of carbonyl (C=O) groups excluding carboxylic acids is 1. The number of nitrogens with zero attached hydrogens (tertiary/aromatic N) is 5. The molecule has 0 fully saturated rings. The monoisotopic (exact) mass is 391 g/mol. The Labute approximate surface area is 166 Å². The molecule has 2 heterocycles. The first-order valence-corrected chi connectivity index (χ1v) is 9.05. The lowest BCUT2D eigenvalue weighted by Crippen LogP contribution is -2.33. The van der Waals surface area contributed by atoms with Gasteiger partial charge in [0.1, 0.15) is 18.1 Å². The second-order valence-electron chi connectivity index (χ2n) is 6.47. The van der Waals surface area contributed by atoms with Crippen molar-refractivity contribution in [2.75, 3.05) is 0 Å². The average molecular weight is 391 g/mol. The summed E-state index contributed by atoms with van der Waals surface area (Å²) in [6.45, 7) is 0.661. The van der Waals surface area contributed by atoms with Crippen LogP contribution in [0, 0.1) is 5.82 Å². The smallest absolute Gasteiger partial charge is 0.246 e. The molecule has 8 heteroatoms. The first-order chi connectivity index (χ1) is 14.2. The van der Waals surface area contributed by atoms with Gasteiger partial charge in [-0.15, -0.1) is 10.2 Å². The van der Waals surface area contributed by atoms with E-state index in [1.165, 1.54) is 16.9 Å². The largest absolute Gasteiger partial charge is 0.467 e. The van der Waals surface area contributed by atoms with Gasteiger partial charge in [0.15, 0.2) is 0 Å². The van der Waals surface area contributed by atoms with Crippen molar-refractivity contribution in [1.29, 1.82) is 0 Å². The van der Waals surface area contributed by atoms with Crippen LogP contribution >= 0.6 is 0 Å². The van der Waals surface area contributed by atoms with Crippen LogP contribution in [0.4, 0.5) is 4.39 Å². The lowest BCUT2D eigenvalue weighted by atomic mass is 10.2. The molecule has 0 unspecified atom stereocenters. The third-order valence-electron chi connectivity index (χ3n) is 4.31. The fraction of sp³-hybridized carbons (Fsp3) is 0.143. The molecule has 7 nitrogen and oxygen atoms in total. The third-order valence-corrected chi connectivity index (χ3v) is 4.31. The predicted molar refractivity (Wildman–Crippen MR) is 103 cm³/mol. The maximum absolute atomic E-state index is 13.4. The van der Waals surface area contributed by atoms with E-state index in [0.717, 1.165) is 5.56 Å². The molecule has 0 atom stereocenters. The van der Waals surface area contributed by atoms with Gasteiger partial charge in [0, 0.05) is 12.1 Å². The molecule has 2 aromatic heterocycles. The topological polar surface area (TPSA) is 77.1 Å². The van der Waals surface area contributed by atoms with Gasteiger partial charge < -0.3 is 9.32 Å². The molecule has 1 amide bonds. The van der Waals surface area contributed by atoms with Gasteiger partial charge in [0.25, 0.3) is 0 Å². The van der Waals surface area contributed by atoms with Crippen molar-refractivity contribution < 1.29 is 13.6 Å². The molecule has 0 bridgehead atoms. The van der Waals surface area contributed by atoms with E-state index in [0.29, 0.717) is 24.4 Å². The van der Waals surface area contributed by atoms with Gasteiger partial charge in [0.05, 0.1) is 12.8 Å². The van der Waals surface area contributed by atoms with Crippen LogP contribution in [-0.4, -0.2) is 31.0 Å². The molecule has 4 aromatic rings. The Balaban J connectivity index is 1.50. The quantitative estimate of drug-likeness (QED) is 0.483. The highest BCUT2D eigenvalue weighted by Gasteiger charge is 2.18. The third kappa shape index (κ3) is 4.73. The normalized spacial score (nSPS) is 10.8. The van der Waals surface area contributed by atoms with E-state index >= 15 is 0 Å². The van der Waals surface area contributed by atoms with Crippen molar-refractivity contribution in [3.8, 4) is 11.4 Å². The van der Waals surface area contributed by atoms with E-state index < -0.39 is 0 Å². The van der Waals surface area contributed by atoms with Gasteiger partial charge in [-0.05, 0) is 35.0 Å². The summed E-state index contributed by atoms with van der Waals surface area (Å²) < 4.78 is 18.8. The summed E-state index contributed by atoms with van der Waals surface area (Å²) >= 11 is 0. The molecule has 29 heavy (non-hydrogen) atoms. The predicted octanol–water partition coefficient (Wildman–Crippen LogP) is 3.30. The molecule has 0 N–H and O–H groups in total. The molecule has 146 valence electrons. The van der Waals surface area contributed by atoms with E-state index in [4.69, 9.17) is 4.42 Å². The minimum absolute atomic E-state index is 0.0874. The number of rotatable bonds is 7. The molecule has 2 aromatic carbocycles. The Morgan fingerprint density at radius 3 is 2.66 bits per heavy atom. The van der Waals surface area contributed by atoms with Crippen LogP contribution in [0.15, 0.2) is 77.4 Å². The van der Waals surface area contributed by atoms with Gasteiger partial charge in [-0.2, -0.15) is 4.80 Å². The summed E-state index contributed by atoms with van der Waals surface area (Å²) in [5.74, 6) is 0.370. The molecule has 4 rings (SSSR count). The van der Waals surface area contributed by atoms with Crippen LogP contribution in [0.1, 0.15) is 11.3 Å². The first-order valence-electron chi connectivity index (χ1n) is 9.05. The fourth-order valence-corrected chi connectivity index (χ4v) is 2.90. The molecule has 0 aliphatic heterocycles. The Morgan fingerprint density at radius 1 is 1.03 bits per heavy atom. The van der Waals surface area contributed by atoms with Crippen molar-refractivity contribution in [3.05, 3.63) is 90.1 Å². The molecule has 0 aliphatic rings. The van der Waals surface area contributed by atoms with Crippen LogP contribution in [0.3, 0.4) is 0 Å². The Morgan fingerprint density at radius 2 is 1.90 bits per heavy atom. The van der Waals surface area contributed by atoms with E-state index in [1.54, 1.807) is 29.4 Å². The first kappa shape index (κ1) is 18.5. The number of tetrazole rings is 1. The minimum atomic E-state index is -0.387. The highest BCUT2D eigenvalue weighted by molar-refractivity contribution is 5.75. The van der Waals surface area contributed by atoms with Crippen LogP contribution in [0.2, 0.25) is 0 Å².